The van der Waals surface area contributed by atoms with Gasteiger partial charge in [-0.05, 0) is 54.3 Å². The van der Waals surface area contributed by atoms with Gasteiger partial charge >= 0.3 is 0 Å². The molecular formula is C19H22FNO. The maximum absolute atomic E-state index is 12.8. The topological polar surface area (TPSA) is 29.1 Å². The maximum Gasteiger partial charge on any atom is 0.164 e. The molecule has 0 aliphatic rings. The molecule has 2 aromatic rings. The van der Waals surface area contributed by atoms with Gasteiger partial charge in [0.05, 0.1) is 0 Å². The molecule has 0 heterocycles. The van der Waals surface area contributed by atoms with Crippen LogP contribution in [-0.4, -0.2) is 12.3 Å². The van der Waals surface area contributed by atoms with Gasteiger partial charge in [0.1, 0.15) is 5.82 Å². The Morgan fingerprint density at radius 3 is 2.32 bits per heavy atom. The third-order valence-corrected chi connectivity index (χ3v) is 3.94. The summed E-state index contributed by atoms with van der Waals surface area (Å²) in [5, 5.41) is 3.25. The van der Waals surface area contributed by atoms with E-state index in [0.717, 1.165) is 12.1 Å². The maximum atomic E-state index is 12.8. The fourth-order valence-corrected chi connectivity index (χ4v) is 2.27. The summed E-state index contributed by atoms with van der Waals surface area (Å²) in [7, 11) is 0. The highest BCUT2D eigenvalue weighted by Gasteiger charge is 2.06. The number of ketones is 1. The number of benzene rings is 2. The molecule has 2 rings (SSSR count). The van der Waals surface area contributed by atoms with Crippen LogP contribution in [0.5, 0.6) is 0 Å². The summed E-state index contributed by atoms with van der Waals surface area (Å²) in [5.74, 6) is 0.258. The average Bonchev–Trinajstić information content (AvgIpc) is 2.55. The molecule has 0 aliphatic heterocycles. The summed E-state index contributed by atoms with van der Waals surface area (Å²) in [6, 6.07) is 14.0. The fourth-order valence-electron chi connectivity index (χ4n) is 2.27. The van der Waals surface area contributed by atoms with Crippen molar-refractivity contribution in [2.45, 2.75) is 32.6 Å². The lowest BCUT2D eigenvalue weighted by Gasteiger charge is -2.11. The van der Waals surface area contributed by atoms with Gasteiger partial charge < -0.3 is 5.32 Å². The zero-order chi connectivity index (χ0) is 15.9. The van der Waals surface area contributed by atoms with E-state index in [1.54, 1.807) is 0 Å². The summed E-state index contributed by atoms with van der Waals surface area (Å²) in [5.41, 5.74) is 2.89. The van der Waals surface area contributed by atoms with Crippen molar-refractivity contribution in [2.24, 2.45) is 0 Å². The van der Waals surface area contributed by atoms with E-state index >= 15 is 0 Å². The Morgan fingerprint density at radius 2 is 1.73 bits per heavy atom. The Kier molecular flexibility index (Phi) is 5.70. The van der Waals surface area contributed by atoms with Crippen molar-refractivity contribution in [2.75, 3.05) is 11.9 Å². The summed E-state index contributed by atoms with van der Waals surface area (Å²) in [4.78, 5) is 12.0. The van der Waals surface area contributed by atoms with Crippen molar-refractivity contribution in [3.05, 3.63) is 65.5 Å². The first-order chi connectivity index (χ1) is 10.6. The Balaban J connectivity index is 1.83. The first kappa shape index (κ1) is 16.2. The Morgan fingerprint density at radius 1 is 1.09 bits per heavy atom. The normalized spacial score (nSPS) is 12.0. The standard InChI is InChI=1S/C19H22FNO/c1-3-14(2)15-6-10-18(11-7-15)21-13-12-19(22)16-4-8-17(20)9-5-16/h4-11,14,21H,3,12-13H2,1-2H3/t14-/m1/s1. The number of Topliss-reactive ketones (excluding diaryl/α,β-unsaturated/α-hetero) is 1. The van der Waals surface area contributed by atoms with E-state index in [4.69, 9.17) is 0 Å². The SMILES string of the molecule is CC[C@@H](C)c1ccc(NCCC(=O)c2ccc(F)cc2)cc1. The first-order valence-electron chi connectivity index (χ1n) is 7.72. The van der Waals surface area contributed by atoms with E-state index in [2.05, 4.69) is 31.3 Å². The first-order valence-corrected chi connectivity index (χ1v) is 7.72. The summed E-state index contributed by atoms with van der Waals surface area (Å²) < 4.78 is 12.8. The predicted octanol–water partition coefficient (Wildman–Crippen LogP) is 5.02. The van der Waals surface area contributed by atoms with Gasteiger partial charge in [-0.15, -0.1) is 0 Å². The summed E-state index contributed by atoms with van der Waals surface area (Å²) in [6.07, 6.45) is 1.51. The van der Waals surface area contributed by atoms with Crippen molar-refractivity contribution < 1.29 is 9.18 Å². The van der Waals surface area contributed by atoms with Crippen LogP contribution in [0, 0.1) is 5.82 Å². The van der Waals surface area contributed by atoms with E-state index in [1.165, 1.54) is 29.8 Å². The molecule has 2 nitrogen and oxygen atoms in total. The lowest BCUT2D eigenvalue weighted by atomic mass is 9.98. The Bertz CT molecular complexity index is 604. The number of halogens is 1. The minimum absolute atomic E-state index is 0.0173. The van der Waals surface area contributed by atoms with Crippen LogP contribution in [0.25, 0.3) is 0 Å². The number of hydrogen-bond acceptors (Lipinski definition) is 2. The number of hydrogen-bond donors (Lipinski definition) is 1. The molecule has 1 N–H and O–H groups in total. The molecule has 0 saturated carbocycles. The molecule has 0 fully saturated rings. The summed E-state index contributed by atoms with van der Waals surface area (Å²) >= 11 is 0. The molecule has 0 radical (unpaired) electrons. The lowest BCUT2D eigenvalue weighted by molar-refractivity contribution is 0.0986. The molecule has 0 spiro atoms. The highest BCUT2D eigenvalue weighted by atomic mass is 19.1. The lowest BCUT2D eigenvalue weighted by Crippen LogP contribution is -2.09. The molecule has 116 valence electrons. The Hall–Kier alpha value is -2.16. The average molecular weight is 299 g/mol. The number of carbonyl (C=O) groups is 1. The van der Waals surface area contributed by atoms with E-state index < -0.39 is 0 Å². The zero-order valence-corrected chi connectivity index (χ0v) is 13.1. The highest BCUT2D eigenvalue weighted by Crippen LogP contribution is 2.20. The van der Waals surface area contributed by atoms with Gasteiger partial charge in [-0.2, -0.15) is 0 Å². The number of rotatable bonds is 7. The van der Waals surface area contributed by atoms with Gasteiger partial charge in [0, 0.05) is 24.2 Å². The van der Waals surface area contributed by atoms with E-state index in [-0.39, 0.29) is 11.6 Å². The number of carbonyl (C=O) groups excluding carboxylic acids is 1. The zero-order valence-electron chi connectivity index (χ0n) is 13.1. The largest absolute Gasteiger partial charge is 0.385 e. The van der Waals surface area contributed by atoms with Crippen LogP contribution in [0.2, 0.25) is 0 Å². The van der Waals surface area contributed by atoms with E-state index in [0.29, 0.717) is 24.4 Å². The van der Waals surface area contributed by atoms with Gasteiger partial charge in [0.15, 0.2) is 5.78 Å². The van der Waals surface area contributed by atoms with E-state index in [1.807, 2.05) is 12.1 Å². The van der Waals surface area contributed by atoms with Crippen LogP contribution in [0.1, 0.15) is 48.5 Å². The molecule has 1 atom stereocenters. The molecule has 0 saturated heterocycles. The van der Waals surface area contributed by atoms with Gasteiger partial charge in [-0.3, -0.25) is 4.79 Å². The minimum atomic E-state index is -0.323. The van der Waals surface area contributed by atoms with Crippen molar-refractivity contribution >= 4 is 11.5 Å². The summed E-state index contributed by atoms with van der Waals surface area (Å²) in [6.45, 7) is 4.96. The monoisotopic (exact) mass is 299 g/mol. The molecule has 0 aromatic heterocycles. The number of anilines is 1. The van der Waals surface area contributed by atoms with Gasteiger partial charge in [-0.1, -0.05) is 26.0 Å². The molecule has 22 heavy (non-hydrogen) atoms. The van der Waals surface area contributed by atoms with E-state index in [9.17, 15) is 9.18 Å². The predicted molar refractivity (Wildman–Crippen MR) is 89.0 cm³/mol. The van der Waals surface area contributed by atoms with Crippen LogP contribution in [-0.2, 0) is 0 Å². The van der Waals surface area contributed by atoms with Crippen LogP contribution in [0.3, 0.4) is 0 Å². The second-order valence-electron chi connectivity index (χ2n) is 5.54. The van der Waals surface area contributed by atoms with Gasteiger partial charge in [0.25, 0.3) is 0 Å². The van der Waals surface area contributed by atoms with Crippen molar-refractivity contribution in [1.29, 1.82) is 0 Å². The van der Waals surface area contributed by atoms with Crippen LogP contribution >= 0.6 is 0 Å². The van der Waals surface area contributed by atoms with Gasteiger partial charge in [0.2, 0.25) is 0 Å². The third kappa shape index (κ3) is 4.42. The molecular weight excluding hydrogens is 277 g/mol. The van der Waals surface area contributed by atoms with Crippen molar-refractivity contribution in [3.63, 3.8) is 0 Å². The highest BCUT2D eigenvalue weighted by molar-refractivity contribution is 5.96. The molecule has 0 amide bonds. The van der Waals surface area contributed by atoms with Crippen molar-refractivity contribution in [3.8, 4) is 0 Å². The third-order valence-electron chi connectivity index (χ3n) is 3.94. The van der Waals surface area contributed by atoms with Crippen molar-refractivity contribution in [1.82, 2.24) is 0 Å². The quantitative estimate of drug-likeness (QED) is 0.727. The number of nitrogens with one attached hydrogen (secondary N) is 1. The molecule has 0 aliphatic carbocycles. The second-order valence-corrected chi connectivity index (χ2v) is 5.54. The molecule has 0 bridgehead atoms. The minimum Gasteiger partial charge on any atom is -0.385 e. The van der Waals surface area contributed by atoms with Crippen LogP contribution in [0.15, 0.2) is 48.5 Å². The molecule has 2 aromatic carbocycles. The van der Waals surface area contributed by atoms with Crippen LogP contribution < -0.4 is 5.32 Å². The smallest absolute Gasteiger partial charge is 0.164 e. The van der Waals surface area contributed by atoms with Crippen LogP contribution in [0.4, 0.5) is 10.1 Å². The molecule has 0 unspecified atom stereocenters. The fraction of sp³-hybridized carbons (Fsp3) is 0.316. The van der Waals surface area contributed by atoms with Gasteiger partial charge in [-0.25, -0.2) is 4.39 Å². The Labute approximate surface area is 131 Å². The second kappa shape index (κ2) is 7.74. The molecule has 3 heteroatoms.